The zero-order valence-electron chi connectivity index (χ0n) is 33.3. The third-order valence-corrected chi connectivity index (χ3v) is 12.7. The Balaban J connectivity index is 1.31. The lowest BCUT2D eigenvalue weighted by Gasteiger charge is -2.27. The lowest BCUT2D eigenvalue weighted by molar-refractivity contribution is -0.137. The Morgan fingerprint density at radius 2 is 0.734 bits per heavy atom. The highest BCUT2D eigenvalue weighted by atomic mass is 19.4. The van der Waals surface area contributed by atoms with Crippen molar-refractivity contribution in [3.63, 3.8) is 0 Å². The second kappa shape index (κ2) is 13.2. The SMILES string of the molecule is Fc1ccccc1-c1cc(-c2ccccc2F)c(-n2c3ccccc3c3c4c(ccc32)oc2ccccc24)c(C(F)(F)F)c1-n1c2ccccc2c2c3c(ccc21)oc1ccccc13. The molecule has 13 rings (SSSR count). The molecule has 306 valence electrons. The fraction of sp³-hybridized carbons (Fsp3) is 0.0182. The van der Waals surface area contributed by atoms with Crippen LogP contribution in [0.4, 0.5) is 22.0 Å². The number of aromatic nitrogens is 2. The molecule has 0 aliphatic carbocycles. The molecular weight excluding hydrogens is 816 g/mol. The van der Waals surface area contributed by atoms with Crippen LogP contribution in [0.1, 0.15) is 5.56 Å². The van der Waals surface area contributed by atoms with Crippen LogP contribution >= 0.6 is 0 Å². The van der Waals surface area contributed by atoms with E-state index in [0.29, 0.717) is 65.9 Å². The molecule has 9 aromatic carbocycles. The van der Waals surface area contributed by atoms with E-state index in [9.17, 15) is 0 Å². The molecule has 0 radical (unpaired) electrons. The van der Waals surface area contributed by atoms with E-state index in [1.54, 1.807) is 69.8 Å². The van der Waals surface area contributed by atoms with Gasteiger partial charge in [0.1, 0.15) is 39.5 Å². The molecule has 0 fully saturated rings. The first-order valence-electron chi connectivity index (χ1n) is 20.7. The molecule has 4 aromatic heterocycles. The number of fused-ring (bicyclic) bond motifs is 14. The Morgan fingerprint density at radius 3 is 1.17 bits per heavy atom. The number of nitrogens with zero attached hydrogens (tertiary/aromatic N) is 2. The van der Waals surface area contributed by atoms with Crippen LogP contribution in [0.5, 0.6) is 0 Å². The van der Waals surface area contributed by atoms with Gasteiger partial charge in [0.05, 0.1) is 33.4 Å². The summed E-state index contributed by atoms with van der Waals surface area (Å²) in [5, 5.41) is 5.79. The molecule has 0 atom stereocenters. The molecule has 0 saturated carbocycles. The van der Waals surface area contributed by atoms with Gasteiger partial charge in [-0.3, -0.25) is 0 Å². The standard InChI is InChI=1S/C55H29F5N2O2/c56-38-19-7-1-13-30(38)36-29-37(31-14-2-8-20-39(31)57)54(62-41-22-10-4-16-33(41)49-43(62)26-28-47-51(49)35-18-6-12-24-45(35)64-47)52(55(58,59)60)53(36)61-40-21-9-3-15-32(40)48-42(61)25-27-46-50(48)34-17-5-11-23-44(34)63-46/h1-29H. The van der Waals surface area contributed by atoms with E-state index >= 15 is 22.0 Å². The fourth-order valence-electron chi connectivity index (χ4n) is 10.2. The average molecular weight is 845 g/mol. The molecule has 0 N–H and O–H groups in total. The topological polar surface area (TPSA) is 36.1 Å². The molecule has 0 saturated heterocycles. The summed E-state index contributed by atoms with van der Waals surface area (Å²) in [4.78, 5) is 0. The highest BCUT2D eigenvalue weighted by molar-refractivity contribution is 6.29. The Labute approximate surface area is 359 Å². The van der Waals surface area contributed by atoms with Crippen LogP contribution in [-0.2, 0) is 6.18 Å². The summed E-state index contributed by atoms with van der Waals surface area (Å²) in [5.41, 5.74) is 2.19. The summed E-state index contributed by atoms with van der Waals surface area (Å²) in [6.45, 7) is 0. The number of hydrogen-bond donors (Lipinski definition) is 0. The number of rotatable bonds is 4. The summed E-state index contributed by atoms with van der Waals surface area (Å²) in [6.07, 6.45) is -5.12. The molecule has 4 heterocycles. The predicted octanol–water partition coefficient (Wildman–Crippen LogP) is 16.3. The normalized spacial score (nSPS) is 12.5. The van der Waals surface area contributed by atoms with Gasteiger partial charge in [0.15, 0.2) is 0 Å². The van der Waals surface area contributed by atoms with Gasteiger partial charge in [0.25, 0.3) is 0 Å². The third kappa shape index (κ3) is 4.97. The smallest absolute Gasteiger partial charge is 0.420 e. The van der Waals surface area contributed by atoms with E-state index in [1.807, 2.05) is 72.8 Å². The van der Waals surface area contributed by atoms with Crippen molar-refractivity contribution in [2.75, 3.05) is 0 Å². The second-order valence-electron chi connectivity index (χ2n) is 16.1. The zero-order chi connectivity index (χ0) is 43.0. The monoisotopic (exact) mass is 844 g/mol. The quantitative estimate of drug-likeness (QED) is 0.166. The Bertz CT molecular complexity index is 3850. The highest BCUT2D eigenvalue weighted by Crippen LogP contribution is 2.53. The summed E-state index contributed by atoms with van der Waals surface area (Å²) in [5.74, 6) is -1.47. The van der Waals surface area contributed by atoms with Gasteiger partial charge in [-0.2, -0.15) is 13.2 Å². The molecule has 9 heteroatoms. The van der Waals surface area contributed by atoms with Crippen LogP contribution in [0.3, 0.4) is 0 Å². The molecular formula is C55H29F5N2O2. The van der Waals surface area contributed by atoms with E-state index in [4.69, 9.17) is 8.83 Å². The van der Waals surface area contributed by atoms with Gasteiger partial charge >= 0.3 is 6.18 Å². The van der Waals surface area contributed by atoms with Crippen LogP contribution in [0.2, 0.25) is 0 Å². The third-order valence-electron chi connectivity index (χ3n) is 12.7. The summed E-state index contributed by atoms with van der Waals surface area (Å²) >= 11 is 0. The van der Waals surface area contributed by atoms with Crippen LogP contribution in [0.15, 0.2) is 185 Å². The van der Waals surface area contributed by atoms with Gasteiger partial charge in [-0.1, -0.05) is 109 Å². The van der Waals surface area contributed by atoms with Gasteiger partial charge in [0, 0.05) is 65.3 Å². The largest absolute Gasteiger partial charge is 0.456 e. The maximum absolute atomic E-state index is 17.3. The van der Waals surface area contributed by atoms with Crippen molar-refractivity contribution in [3.05, 3.63) is 193 Å². The molecule has 0 aliphatic heterocycles. The molecule has 0 aliphatic rings. The lowest BCUT2D eigenvalue weighted by Crippen LogP contribution is -2.18. The maximum Gasteiger partial charge on any atom is 0.420 e. The number of para-hydroxylation sites is 4. The van der Waals surface area contributed by atoms with Gasteiger partial charge in [-0.15, -0.1) is 0 Å². The molecule has 13 aromatic rings. The summed E-state index contributed by atoms with van der Waals surface area (Å²) in [6, 6.07) is 49.8. The first kappa shape index (κ1) is 36.5. The van der Waals surface area contributed by atoms with E-state index in [0.717, 1.165) is 21.5 Å². The van der Waals surface area contributed by atoms with Gasteiger partial charge in [-0.25, -0.2) is 8.78 Å². The van der Waals surface area contributed by atoms with Gasteiger partial charge in [0.2, 0.25) is 0 Å². The first-order valence-corrected chi connectivity index (χ1v) is 20.7. The maximum atomic E-state index is 17.3. The van der Waals surface area contributed by atoms with Crippen molar-refractivity contribution >= 4 is 87.5 Å². The minimum Gasteiger partial charge on any atom is -0.456 e. The second-order valence-corrected chi connectivity index (χ2v) is 16.1. The van der Waals surface area contributed by atoms with E-state index in [1.165, 1.54) is 42.5 Å². The number of halogens is 5. The van der Waals surface area contributed by atoms with Crippen molar-refractivity contribution in [3.8, 4) is 33.6 Å². The van der Waals surface area contributed by atoms with Gasteiger partial charge in [-0.05, 0) is 66.7 Å². The first-order chi connectivity index (χ1) is 31.3. The van der Waals surface area contributed by atoms with Crippen LogP contribution < -0.4 is 0 Å². The van der Waals surface area contributed by atoms with Crippen LogP contribution in [0, 0.1) is 11.6 Å². The van der Waals surface area contributed by atoms with Crippen LogP contribution in [-0.4, -0.2) is 9.13 Å². The Morgan fingerprint density at radius 1 is 0.344 bits per heavy atom. The Hall–Kier alpha value is -8.17. The number of alkyl halides is 3. The zero-order valence-corrected chi connectivity index (χ0v) is 33.3. The van der Waals surface area contributed by atoms with Gasteiger partial charge < -0.3 is 18.0 Å². The molecule has 0 amide bonds. The molecule has 0 bridgehead atoms. The molecule has 64 heavy (non-hydrogen) atoms. The minimum atomic E-state index is -5.12. The van der Waals surface area contributed by atoms with E-state index in [-0.39, 0.29) is 33.6 Å². The Kier molecular flexibility index (Phi) is 7.51. The number of hydrogen-bond acceptors (Lipinski definition) is 2. The van der Waals surface area contributed by atoms with Crippen molar-refractivity contribution < 1.29 is 30.8 Å². The minimum absolute atomic E-state index is 0.0729. The fourth-order valence-corrected chi connectivity index (χ4v) is 10.2. The van der Waals surface area contributed by atoms with Crippen molar-refractivity contribution in [1.82, 2.24) is 9.13 Å². The predicted molar refractivity (Wildman–Crippen MR) is 245 cm³/mol. The van der Waals surface area contributed by atoms with Crippen LogP contribution in [0.25, 0.3) is 121 Å². The van der Waals surface area contributed by atoms with E-state index in [2.05, 4.69) is 0 Å². The van der Waals surface area contributed by atoms with Crippen molar-refractivity contribution in [1.29, 1.82) is 0 Å². The van der Waals surface area contributed by atoms with Crippen molar-refractivity contribution in [2.24, 2.45) is 0 Å². The van der Waals surface area contributed by atoms with E-state index < -0.39 is 23.4 Å². The number of benzene rings is 9. The highest BCUT2D eigenvalue weighted by Gasteiger charge is 2.43. The summed E-state index contributed by atoms with van der Waals surface area (Å²) < 4.78 is 101. The summed E-state index contributed by atoms with van der Waals surface area (Å²) in [7, 11) is 0. The van der Waals surface area contributed by atoms with Crippen molar-refractivity contribution in [2.45, 2.75) is 6.18 Å². The molecule has 0 spiro atoms. The molecule has 0 unspecified atom stereocenters. The lowest BCUT2D eigenvalue weighted by atomic mass is 9.90. The average Bonchev–Trinajstić information content (AvgIpc) is 4.06. The molecule has 4 nitrogen and oxygen atoms in total. The number of furan rings is 2.